The van der Waals surface area contributed by atoms with Gasteiger partial charge in [0.25, 0.3) is 0 Å². The molecular formula is C11H15N3O3S2. The number of hydrogen-bond donors (Lipinski definition) is 3. The maximum absolute atomic E-state index is 11.9. The highest BCUT2D eigenvalue weighted by Gasteiger charge is 2.30. The maximum atomic E-state index is 11.9. The minimum absolute atomic E-state index is 0.0286. The Kier molecular flexibility index (Phi) is 4.28. The Morgan fingerprint density at radius 1 is 1.26 bits per heavy atom. The van der Waals surface area contributed by atoms with E-state index in [-0.39, 0.29) is 15.8 Å². The molecule has 104 valence electrons. The Bertz CT molecular complexity index is 607. The first-order valence-corrected chi connectivity index (χ1v) is 7.25. The lowest BCUT2D eigenvalue weighted by Crippen LogP contribution is -2.41. The highest BCUT2D eigenvalue weighted by atomic mass is 32.2. The minimum atomic E-state index is -3.74. The van der Waals surface area contributed by atoms with Crippen LogP contribution in [0.4, 0.5) is 5.69 Å². The lowest BCUT2D eigenvalue weighted by Gasteiger charge is -2.21. The van der Waals surface area contributed by atoms with Gasteiger partial charge in [0.1, 0.15) is 0 Å². The Morgan fingerprint density at radius 2 is 1.74 bits per heavy atom. The number of hydrogen-bond acceptors (Lipinski definition) is 4. The van der Waals surface area contributed by atoms with Gasteiger partial charge in [-0.15, -0.1) is 0 Å². The molecule has 0 aliphatic carbocycles. The third-order valence-electron chi connectivity index (χ3n) is 2.62. The smallest absolute Gasteiger partial charge is 0.238 e. The molecule has 0 spiro atoms. The predicted octanol–water partition coefficient (Wildman–Crippen LogP) is 0.585. The standard InChI is InChI=1S/C11H15N3O3S2/c1-11(2,9(12)18)10(15)14-7-3-5-8(6-4-7)19(13,16)17/h3-6H,1-2H3,(H2,12,18)(H,14,15)(H2,13,16,17). The van der Waals surface area contributed by atoms with Crippen molar-refractivity contribution in [3.8, 4) is 0 Å². The summed E-state index contributed by atoms with van der Waals surface area (Å²) < 4.78 is 22.1. The average molecular weight is 301 g/mol. The second-order valence-corrected chi connectivity index (χ2v) is 6.51. The second kappa shape index (κ2) is 5.24. The van der Waals surface area contributed by atoms with Crippen molar-refractivity contribution in [1.29, 1.82) is 0 Å². The first-order chi connectivity index (χ1) is 8.55. The number of amides is 1. The molecule has 0 atom stereocenters. The summed E-state index contributed by atoms with van der Waals surface area (Å²) in [5, 5.41) is 7.57. The molecule has 0 fully saturated rings. The predicted molar refractivity (Wildman–Crippen MR) is 77.0 cm³/mol. The Labute approximate surface area is 117 Å². The van der Waals surface area contributed by atoms with Gasteiger partial charge in [0.05, 0.1) is 15.3 Å². The van der Waals surface area contributed by atoms with E-state index >= 15 is 0 Å². The summed E-state index contributed by atoms with van der Waals surface area (Å²) in [6.07, 6.45) is 0. The van der Waals surface area contributed by atoms with E-state index in [1.54, 1.807) is 13.8 Å². The van der Waals surface area contributed by atoms with Crippen LogP contribution in [0.1, 0.15) is 13.8 Å². The van der Waals surface area contributed by atoms with Gasteiger partial charge in [-0.3, -0.25) is 4.79 Å². The van der Waals surface area contributed by atoms with Crippen LogP contribution >= 0.6 is 12.2 Å². The molecule has 1 aromatic carbocycles. The van der Waals surface area contributed by atoms with Crippen molar-refractivity contribution in [3.63, 3.8) is 0 Å². The molecule has 1 amide bonds. The van der Waals surface area contributed by atoms with Gasteiger partial charge in [-0.25, -0.2) is 13.6 Å². The minimum Gasteiger partial charge on any atom is -0.392 e. The first-order valence-electron chi connectivity index (χ1n) is 5.29. The van der Waals surface area contributed by atoms with E-state index in [9.17, 15) is 13.2 Å². The van der Waals surface area contributed by atoms with Gasteiger partial charge < -0.3 is 11.1 Å². The van der Waals surface area contributed by atoms with Crippen LogP contribution in [0.3, 0.4) is 0 Å². The topological polar surface area (TPSA) is 115 Å². The number of anilines is 1. The Hall–Kier alpha value is -1.51. The lowest BCUT2D eigenvalue weighted by molar-refractivity contribution is -0.121. The van der Waals surface area contributed by atoms with Crippen LogP contribution in [0.5, 0.6) is 0 Å². The van der Waals surface area contributed by atoms with Gasteiger partial charge >= 0.3 is 0 Å². The molecule has 19 heavy (non-hydrogen) atoms. The molecule has 0 radical (unpaired) electrons. The quantitative estimate of drug-likeness (QED) is 0.704. The van der Waals surface area contributed by atoms with Crippen LogP contribution in [-0.4, -0.2) is 19.3 Å². The normalized spacial score (nSPS) is 11.9. The van der Waals surface area contributed by atoms with Gasteiger partial charge in [-0.2, -0.15) is 0 Å². The van der Waals surface area contributed by atoms with Crippen molar-refractivity contribution in [1.82, 2.24) is 0 Å². The fourth-order valence-corrected chi connectivity index (χ4v) is 1.74. The van der Waals surface area contributed by atoms with E-state index < -0.39 is 15.4 Å². The Balaban J connectivity index is 2.91. The van der Waals surface area contributed by atoms with E-state index in [0.29, 0.717) is 5.69 Å². The number of benzene rings is 1. The largest absolute Gasteiger partial charge is 0.392 e. The molecular weight excluding hydrogens is 286 g/mol. The zero-order valence-corrected chi connectivity index (χ0v) is 12.1. The number of thiocarbonyl (C=S) groups is 1. The third kappa shape index (κ3) is 3.72. The van der Waals surface area contributed by atoms with Crippen LogP contribution in [0.2, 0.25) is 0 Å². The summed E-state index contributed by atoms with van der Waals surface area (Å²) in [6, 6.07) is 5.48. The molecule has 0 saturated heterocycles. The second-order valence-electron chi connectivity index (χ2n) is 4.51. The summed E-state index contributed by atoms with van der Waals surface area (Å²) in [5.41, 5.74) is 4.92. The van der Waals surface area contributed by atoms with E-state index in [0.717, 1.165) is 0 Å². The van der Waals surface area contributed by atoms with Crippen LogP contribution in [0, 0.1) is 5.41 Å². The number of nitrogens with two attached hydrogens (primary N) is 2. The molecule has 6 nitrogen and oxygen atoms in total. The third-order valence-corrected chi connectivity index (χ3v) is 4.06. The molecule has 8 heteroatoms. The highest BCUT2D eigenvalue weighted by molar-refractivity contribution is 7.89. The maximum Gasteiger partial charge on any atom is 0.238 e. The van der Waals surface area contributed by atoms with Gasteiger partial charge in [-0.05, 0) is 38.1 Å². The van der Waals surface area contributed by atoms with Crippen molar-refractivity contribution in [3.05, 3.63) is 24.3 Å². The molecule has 1 aromatic rings. The van der Waals surface area contributed by atoms with Crippen LogP contribution < -0.4 is 16.2 Å². The summed E-state index contributed by atoms with van der Waals surface area (Å²) in [5.74, 6) is -0.372. The van der Waals surface area contributed by atoms with E-state index in [1.807, 2.05) is 0 Å². The average Bonchev–Trinajstić information content (AvgIpc) is 2.28. The van der Waals surface area contributed by atoms with Crippen LogP contribution in [0.25, 0.3) is 0 Å². The van der Waals surface area contributed by atoms with E-state index in [1.165, 1.54) is 24.3 Å². The van der Waals surface area contributed by atoms with Crippen LogP contribution in [-0.2, 0) is 14.8 Å². The van der Waals surface area contributed by atoms with Crippen molar-refractivity contribution >= 4 is 38.8 Å². The SMILES string of the molecule is CC(C)(C(=O)Nc1ccc(S(N)(=O)=O)cc1)C(N)=S. The number of nitrogens with one attached hydrogen (secondary N) is 1. The molecule has 1 rings (SSSR count). The summed E-state index contributed by atoms with van der Waals surface area (Å²) in [7, 11) is -3.74. The van der Waals surface area contributed by atoms with Crippen molar-refractivity contribution in [2.45, 2.75) is 18.7 Å². The number of carbonyl (C=O) groups excluding carboxylic acids is 1. The van der Waals surface area contributed by atoms with Gasteiger partial charge in [0.15, 0.2) is 0 Å². The van der Waals surface area contributed by atoms with Crippen molar-refractivity contribution in [2.24, 2.45) is 16.3 Å². The highest BCUT2D eigenvalue weighted by Crippen LogP contribution is 2.20. The Morgan fingerprint density at radius 3 is 2.11 bits per heavy atom. The van der Waals surface area contributed by atoms with Gasteiger partial charge in [0, 0.05) is 5.69 Å². The first kappa shape index (κ1) is 15.5. The zero-order chi connectivity index (χ0) is 14.8. The zero-order valence-electron chi connectivity index (χ0n) is 10.5. The monoisotopic (exact) mass is 301 g/mol. The molecule has 5 N–H and O–H groups in total. The van der Waals surface area contributed by atoms with Crippen LogP contribution in [0.15, 0.2) is 29.2 Å². The molecule has 0 aliphatic rings. The van der Waals surface area contributed by atoms with Gasteiger partial charge in [0.2, 0.25) is 15.9 Å². The summed E-state index contributed by atoms with van der Waals surface area (Å²) in [6.45, 7) is 3.20. The molecule has 0 heterocycles. The fourth-order valence-electron chi connectivity index (χ4n) is 1.13. The van der Waals surface area contributed by atoms with Crippen molar-refractivity contribution < 1.29 is 13.2 Å². The number of primary sulfonamides is 1. The summed E-state index contributed by atoms with van der Waals surface area (Å²) >= 11 is 4.81. The lowest BCUT2D eigenvalue weighted by atomic mass is 9.92. The summed E-state index contributed by atoms with van der Waals surface area (Å²) in [4.78, 5) is 12.0. The fraction of sp³-hybridized carbons (Fsp3) is 0.273. The van der Waals surface area contributed by atoms with Gasteiger partial charge in [-0.1, -0.05) is 12.2 Å². The number of sulfonamides is 1. The molecule has 0 aromatic heterocycles. The molecule has 0 aliphatic heterocycles. The van der Waals surface area contributed by atoms with Crippen molar-refractivity contribution in [2.75, 3.05) is 5.32 Å². The molecule has 0 saturated carbocycles. The number of carbonyl (C=O) groups is 1. The van der Waals surface area contributed by atoms with E-state index in [4.69, 9.17) is 23.1 Å². The van der Waals surface area contributed by atoms with E-state index in [2.05, 4.69) is 5.32 Å². The molecule has 0 bridgehead atoms. The number of rotatable bonds is 4. The molecule has 0 unspecified atom stereocenters.